The highest BCUT2D eigenvalue weighted by Gasteiger charge is 2.14. The van der Waals surface area contributed by atoms with E-state index in [0.29, 0.717) is 121 Å². The minimum atomic E-state index is -0.182. The van der Waals surface area contributed by atoms with E-state index in [1.54, 1.807) is 24.3 Å². The molecular weight excluding hydrogens is 712 g/mol. The summed E-state index contributed by atoms with van der Waals surface area (Å²) in [6.45, 7) is 3.21. The van der Waals surface area contributed by atoms with Crippen molar-refractivity contribution in [3.05, 3.63) is 105 Å². The summed E-state index contributed by atoms with van der Waals surface area (Å²) in [7, 11) is 6.09. The third-order valence-electron chi connectivity index (χ3n) is 8.48. The topological polar surface area (TPSA) is 143 Å². The van der Waals surface area contributed by atoms with Gasteiger partial charge < -0.3 is 51.5 Å². The molecule has 0 N–H and O–H groups in total. The van der Waals surface area contributed by atoms with Crippen molar-refractivity contribution < 1.29 is 51.5 Å². The lowest BCUT2D eigenvalue weighted by Crippen LogP contribution is -2.14. The van der Waals surface area contributed by atoms with Gasteiger partial charge in [-0.2, -0.15) is 0 Å². The summed E-state index contributed by atoms with van der Waals surface area (Å²) >= 11 is 0. The van der Waals surface area contributed by atoms with Gasteiger partial charge in [0.2, 0.25) is 0 Å². The average molecular weight is 755 g/mol. The lowest BCUT2D eigenvalue weighted by molar-refractivity contribution is 0.00499. The van der Waals surface area contributed by atoms with Gasteiger partial charge in [-0.15, -0.1) is 0 Å². The van der Waals surface area contributed by atoms with Gasteiger partial charge in [-0.25, -0.2) is 0 Å². The largest absolute Gasteiger partial charge is 0.493 e. The van der Waals surface area contributed by atoms with Crippen LogP contribution in [0.3, 0.4) is 0 Å². The van der Waals surface area contributed by atoms with Crippen LogP contribution in [-0.2, 0) is 14.2 Å². The highest BCUT2D eigenvalue weighted by Crippen LogP contribution is 2.34. The van der Waals surface area contributed by atoms with E-state index in [1.807, 2.05) is 48.5 Å². The van der Waals surface area contributed by atoms with Crippen molar-refractivity contribution >= 4 is 21.9 Å². The van der Waals surface area contributed by atoms with E-state index in [1.165, 1.54) is 40.6 Å². The molecule has 288 valence electrons. The van der Waals surface area contributed by atoms with Gasteiger partial charge >= 0.3 is 0 Å². The minimum absolute atomic E-state index is 0.182. The third-order valence-corrected chi connectivity index (χ3v) is 8.48. The van der Waals surface area contributed by atoms with Crippen molar-refractivity contribution in [2.45, 2.75) is 0 Å². The Morgan fingerprint density at radius 2 is 0.745 bits per heavy atom. The van der Waals surface area contributed by atoms with Crippen molar-refractivity contribution in [2.75, 3.05) is 81.3 Å². The number of hydrogen-bond donors (Lipinski definition) is 0. The molecule has 0 atom stereocenters. The van der Waals surface area contributed by atoms with E-state index < -0.39 is 0 Å². The Kier molecular flexibility index (Phi) is 13.3. The van der Waals surface area contributed by atoms with E-state index in [9.17, 15) is 9.59 Å². The van der Waals surface area contributed by atoms with Crippen LogP contribution in [0.1, 0.15) is 0 Å². The molecule has 6 rings (SSSR count). The molecule has 2 heterocycles. The van der Waals surface area contributed by atoms with Crippen LogP contribution in [0.2, 0.25) is 0 Å². The van der Waals surface area contributed by atoms with Gasteiger partial charge in [-0.05, 0) is 60.7 Å². The maximum Gasteiger partial charge on any atom is 0.193 e. The Hall–Kier alpha value is -6.02. The number of rotatable bonds is 20. The van der Waals surface area contributed by atoms with E-state index in [0.717, 1.165) is 11.1 Å². The van der Waals surface area contributed by atoms with E-state index in [2.05, 4.69) is 0 Å². The quantitative estimate of drug-likeness (QED) is 0.0757. The van der Waals surface area contributed by atoms with Crippen LogP contribution in [0.4, 0.5) is 0 Å². The maximum atomic E-state index is 12.8. The molecule has 6 aromatic rings. The molecule has 0 unspecified atom stereocenters. The first-order valence-corrected chi connectivity index (χ1v) is 17.5. The molecule has 0 aliphatic rings. The average Bonchev–Trinajstić information content (AvgIpc) is 3.21. The molecule has 0 bridgehead atoms. The normalized spacial score (nSPS) is 11.1. The lowest BCUT2D eigenvalue weighted by Gasteiger charge is -2.10. The molecule has 13 nitrogen and oxygen atoms in total. The SMILES string of the molecule is COc1cc2oc(-c3ccc(OCCOCCOCCOCCOc4ccc(-c5cc(=O)c6cc(OC)c(OC)cc6o5)cc4)cc3)cc(=O)c2cc1OC. The second-order valence-electron chi connectivity index (χ2n) is 11.9. The van der Waals surface area contributed by atoms with E-state index in [-0.39, 0.29) is 10.9 Å². The Balaban J connectivity index is 0.823. The van der Waals surface area contributed by atoms with Crippen LogP contribution in [-0.4, -0.2) is 81.3 Å². The van der Waals surface area contributed by atoms with Gasteiger partial charge in [-0.3, -0.25) is 9.59 Å². The zero-order valence-electron chi connectivity index (χ0n) is 31.0. The summed E-state index contributed by atoms with van der Waals surface area (Å²) in [5.74, 6) is 4.06. The maximum absolute atomic E-state index is 12.8. The van der Waals surface area contributed by atoms with Crippen LogP contribution < -0.4 is 39.3 Å². The van der Waals surface area contributed by atoms with Gasteiger partial charge in [0.05, 0.1) is 78.9 Å². The van der Waals surface area contributed by atoms with Gasteiger partial charge in [0.1, 0.15) is 47.4 Å². The predicted octanol–water partition coefficient (Wildman–Crippen LogP) is 6.78. The van der Waals surface area contributed by atoms with Crippen LogP contribution in [0, 0.1) is 0 Å². The van der Waals surface area contributed by atoms with Crippen LogP contribution in [0.5, 0.6) is 34.5 Å². The molecule has 13 heteroatoms. The van der Waals surface area contributed by atoms with Gasteiger partial charge in [0.15, 0.2) is 33.9 Å². The second kappa shape index (κ2) is 18.8. The number of benzene rings is 4. The lowest BCUT2D eigenvalue weighted by atomic mass is 10.1. The summed E-state index contributed by atoms with van der Waals surface area (Å²) in [6, 6.07) is 24.0. The monoisotopic (exact) mass is 754 g/mol. The minimum Gasteiger partial charge on any atom is -0.493 e. The Morgan fingerprint density at radius 1 is 0.418 bits per heavy atom. The highest BCUT2D eigenvalue weighted by atomic mass is 16.6. The number of fused-ring (bicyclic) bond motifs is 2. The predicted molar refractivity (Wildman–Crippen MR) is 205 cm³/mol. The van der Waals surface area contributed by atoms with Crippen LogP contribution >= 0.6 is 0 Å². The first kappa shape index (κ1) is 38.7. The molecule has 4 aromatic carbocycles. The second-order valence-corrected chi connectivity index (χ2v) is 11.9. The smallest absolute Gasteiger partial charge is 0.193 e. The zero-order chi connectivity index (χ0) is 38.6. The molecule has 2 aromatic heterocycles. The fourth-order valence-corrected chi connectivity index (χ4v) is 5.66. The number of hydrogen-bond acceptors (Lipinski definition) is 13. The molecule has 0 aliphatic carbocycles. The van der Waals surface area contributed by atoms with Gasteiger partial charge in [0.25, 0.3) is 0 Å². The number of methoxy groups -OCH3 is 4. The Labute approximate surface area is 316 Å². The standard InChI is InChI=1S/C42H42O13/c1-45-39-21-31-33(43)23-35(54-37(31)25-41(39)47-3)27-5-9-29(10-6-27)52-19-17-50-15-13-49-14-16-51-18-20-53-30-11-7-28(8-12-30)36-24-34(44)32-22-40(46-2)42(48-4)26-38(32)55-36/h5-12,21-26H,13-20H2,1-4H3. The summed E-state index contributed by atoms with van der Waals surface area (Å²) in [4.78, 5) is 25.5. The van der Waals surface area contributed by atoms with Crippen molar-refractivity contribution in [2.24, 2.45) is 0 Å². The van der Waals surface area contributed by atoms with Crippen LogP contribution in [0.25, 0.3) is 44.6 Å². The third kappa shape index (κ3) is 9.75. The Bertz CT molecular complexity index is 2130. The number of ether oxygens (including phenoxy) is 9. The molecular formula is C42H42O13. The van der Waals surface area contributed by atoms with E-state index >= 15 is 0 Å². The summed E-state index contributed by atoms with van der Waals surface area (Å²) in [5, 5.41) is 0.814. The van der Waals surface area contributed by atoms with Crippen molar-refractivity contribution in [1.29, 1.82) is 0 Å². The van der Waals surface area contributed by atoms with Gasteiger partial charge in [-0.1, -0.05) is 0 Å². The van der Waals surface area contributed by atoms with Crippen molar-refractivity contribution in [3.63, 3.8) is 0 Å². The highest BCUT2D eigenvalue weighted by molar-refractivity contribution is 5.83. The summed E-state index contributed by atoms with van der Waals surface area (Å²) in [6.07, 6.45) is 0. The van der Waals surface area contributed by atoms with Crippen LogP contribution in [0.15, 0.2) is 103 Å². The zero-order valence-corrected chi connectivity index (χ0v) is 31.0. The molecule has 0 spiro atoms. The molecule has 0 radical (unpaired) electrons. The van der Waals surface area contributed by atoms with E-state index in [4.69, 9.17) is 51.5 Å². The van der Waals surface area contributed by atoms with Crippen molar-refractivity contribution in [1.82, 2.24) is 0 Å². The van der Waals surface area contributed by atoms with Gasteiger partial charge in [0, 0.05) is 35.4 Å². The molecule has 0 fully saturated rings. The fraction of sp³-hybridized carbons (Fsp3) is 0.286. The molecule has 0 amide bonds. The molecule has 0 aliphatic heterocycles. The molecule has 0 saturated heterocycles. The Morgan fingerprint density at radius 3 is 1.09 bits per heavy atom. The van der Waals surface area contributed by atoms with Crippen molar-refractivity contribution in [3.8, 4) is 57.1 Å². The summed E-state index contributed by atoms with van der Waals surface area (Å²) in [5.41, 5.74) is 1.91. The molecule has 0 saturated carbocycles. The first-order valence-electron chi connectivity index (χ1n) is 17.5. The fourth-order valence-electron chi connectivity index (χ4n) is 5.66. The summed E-state index contributed by atoms with van der Waals surface area (Å²) < 4.78 is 61.6. The first-order chi connectivity index (χ1) is 26.9. The molecule has 55 heavy (non-hydrogen) atoms.